The molecule has 0 aromatic heterocycles. The fourth-order valence-corrected chi connectivity index (χ4v) is 1.49. The summed E-state index contributed by atoms with van der Waals surface area (Å²) in [6.07, 6.45) is 7.56. The van der Waals surface area contributed by atoms with E-state index < -0.39 is 0 Å². The predicted octanol–water partition coefficient (Wildman–Crippen LogP) is 2.91. The lowest BCUT2D eigenvalue weighted by atomic mass is 9.98. The molecule has 0 saturated carbocycles. The maximum atomic E-state index is 5.66. The van der Waals surface area contributed by atoms with Crippen LogP contribution in [-0.2, 0) is 4.74 Å². The zero-order chi connectivity index (χ0) is 8.10. The molecule has 1 nitrogen and oxygen atoms in total. The Morgan fingerprint density at radius 3 is 3.09 bits per heavy atom. The first-order valence-corrected chi connectivity index (χ1v) is 4.60. The quantitative estimate of drug-likeness (QED) is 0.568. The summed E-state index contributed by atoms with van der Waals surface area (Å²) in [7, 11) is 0. The molecule has 0 heterocycles. The molecule has 0 bridgehead atoms. The third-order valence-corrected chi connectivity index (χ3v) is 2.09. The number of allylic oxidation sites excluding steroid dienone is 1. The summed E-state index contributed by atoms with van der Waals surface area (Å²) >= 11 is 0. The van der Waals surface area contributed by atoms with E-state index in [1.807, 2.05) is 0 Å². The van der Waals surface area contributed by atoms with Crippen LogP contribution in [0.25, 0.3) is 0 Å². The molecule has 0 radical (unpaired) electrons. The fraction of sp³-hybridized carbons (Fsp3) is 0.800. The zero-order valence-corrected chi connectivity index (χ0v) is 7.60. The minimum atomic E-state index is 0.514. The third kappa shape index (κ3) is 3.06. The minimum Gasteiger partial charge on any atom is -0.378 e. The van der Waals surface area contributed by atoms with E-state index >= 15 is 0 Å². The van der Waals surface area contributed by atoms with Crippen LogP contribution in [0.1, 0.15) is 39.5 Å². The van der Waals surface area contributed by atoms with Crippen LogP contribution in [0, 0.1) is 0 Å². The molecule has 64 valence electrons. The number of hydrogen-bond acceptors (Lipinski definition) is 1. The van der Waals surface area contributed by atoms with Gasteiger partial charge in [0.15, 0.2) is 0 Å². The standard InChI is InChI=1S/C10H18O/c1-3-7-11-10-6-4-5-9(2)8-10/h5,10H,3-4,6-8H2,1-2H3/t10-/m0/s1. The maximum absolute atomic E-state index is 5.66. The van der Waals surface area contributed by atoms with Crippen molar-refractivity contribution in [1.29, 1.82) is 0 Å². The molecule has 0 spiro atoms. The fourth-order valence-electron chi connectivity index (χ4n) is 1.49. The van der Waals surface area contributed by atoms with Crippen molar-refractivity contribution in [3.63, 3.8) is 0 Å². The molecule has 0 saturated heterocycles. The zero-order valence-electron chi connectivity index (χ0n) is 7.60. The average Bonchev–Trinajstić information content (AvgIpc) is 2.01. The Hall–Kier alpha value is -0.300. The van der Waals surface area contributed by atoms with Gasteiger partial charge in [0.2, 0.25) is 0 Å². The van der Waals surface area contributed by atoms with Crippen molar-refractivity contribution in [2.75, 3.05) is 6.61 Å². The summed E-state index contributed by atoms with van der Waals surface area (Å²) in [6.45, 7) is 5.28. The van der Waals surface area contributed by atoms with E-state index in [9.17, 15) is 0 Å². The van der Waals surface area contributed by atoms with Crippen molar-refractivity contribution < 1.29 is 4.74 Å². The SMILES string of the molecule is CCCO[C@H]1CCC=C(C)C1. The van der Waals surface area contributed by atoms with Crippen molar-refractivity contribution >= 4 is 0 Å². The molecule has 11 heavy (non-hydrogen) atoms. The lowest BCUT2D eigenvalue weighted by Crippen LogP contribution is -2.16. The molecule has 1 heteroatoms. The Morgan fingerprint density at radius 2 is 2.45 bits per heavy atom. The van der Waals surface area contributed by atoms with Crippen LogP contribution in [0.15, 0.2) is 11.6 Å². The monoisotopic (exact) mass is 154 g/mol. The molecule has 1 rings (SSSR count). The third-order valence-electron chi connectivity index (χ3n) is 2.09. The first-order valence-electron chi connectivity index (χ1n) is 4.60. The van der Waals surface area contributed by atoms with Gasteiger partial charge in [0, 0.05) is 6.61 Å². The normalized spacial score (nSPS) is 24.9. The second-order valence-electron chi connectivity index (χ2n) is 3.32. The van der Waals surface area contributed by atoms with E-state index in [0.29, 0.717) is 6.10 Å². The number of rotatable bonds is 3. The molecule has 0 unspecified atom stereocenters. The average molecular weight is 154 g/mol. The van der Waals surface area contributed by atoms with Gasteiger partial charge in [-0.05, 0) is 32.6 Å². The van der Waals surface area contributed by atoms with Crippen molar-refractivity contribution in [1.82, 2.24) is 0 Å². The number of hydrogen-bond donors (Lipinski definition) is 0. The molecule has 1 atom stereocenters. The molecule has 0 aliphatic heterocycles. The molecule has 1 aliphatic carbocycles. The molecule has 1 aliphatic rings. The predicted molar refractivity (Wildman–Crippen MR) is 47.6 cm³/mol. The highest BCUT2D eigenvalue weighted by Crippen LogP contribution is 2.20. The first-order chi connectivity index (χ1) is 5.33. The summed E-state index contributed by atoms with van der Waals surface area (Å²) in [5.41, 5.74) is 1.50. The lowest BCUT2D eigenvalue weighted by Gasteiger charge is -2.21. The van der Waals surface area contributed by atoms with Crippen LogP contribution in [0.2, 0.25) is 0 Å². The molecular weight excluding hydrogens is 136 g/mol. The Kier molecular flexibility index (Phi) is 3.64. The number of ether oxygens (including phenoxy) is 1. The van der Waals surface area contributed by atoms with Gasteiger partial charge in [-0.1, -0.05) is 18.6 Å². The van der Waals surface area contributed by atoms with Gasteiger partial charge in [0.05, 0.1) is 6.10 Å². The van der Waals surface area contributed by atoms with Crippen LogP contribution in [-0.4, -0.2) is 12.7 Å². The van der Waals surface area contributed by atoms with Gasteiger partial charge in [-0.15, -0.1) is 0 Å². The van der Waals surface area contributed by atoms with E-state index in [2.05, 4.69) is 19.9 Å². The Balaban J connectivity index is 2.21. The van der Waals surface area contributed by atoms with E-state index in [1.165, 1.54) is 18.4 Å². The van der Waals surface area contributed by atoms with E-state index in [-0.39, 0.29) is 0 Å². The van der Waals surface area contributed by atoms with Crippen molar-refractivity contribution in [2.45, 2.75) is 45.6 Å². The first kappa shape index (κ1) is 8.79. The second-order valence-corrected chi connectivity index (χ2v) is 3.32. The summed E-state index contributed by atoms with van der Waals surface area (Å²) < 4.78 is 5.66. The van der Waals surface area contributed by atoms with Crippen molar-refractivity contribution in [3.8, 4) is 0 Å². The summed E-state index contributed by atoms with van der Waals surface area (Å²) in [6, 6.07) is 0. The highest BCUT2D eigenvalue weighted by molar-refractivity contribution is 5.03. The Bertz CT molecular complexity index is 138. The maximum Gasteiger partial charge on any atom is 0.0615 e. The van der Waals surface area contributed by atoms with Crippen LogP contribution in [0.3, 0.4) is 0 Å². The second kappa shape index (κ2) is 4.55. The molecule has 0 aromatic carbocycles. The highest BCUT2D eigenvalue weighted by Gasteiger charge is 2.12. The molecule has 0 N–H and O–H groups in total. The summed E-state index contributed by atoms with van der Waals surface area (Å²) in [5, 5.41) is 0. The van der Waals surface area contributed by atoms with Crippen LogP contribution in [0.4, 0.5) is 0 Å². The summed E-state index contributed by atoms with van der Waals surface area (Å²) in [4.78, 5) is 0. The Morgan fingerprint density at radius 1 is 1.64 bits per heavy atom. The van der Waals surface area contributed by atoms with E-state index in [0.717, 1.165) is 19.4 Å². The van der Waals surface area contributed by atoms with Crippen LogP contribution in [0.5, 0.6) is 0 Å². The van der Waals surface area contributed by atoms with Gasteiger partial charge in [-0.3, -0.25) is 0 Å². The van der Waals surface area contributed by atoms with Gasteiger partial charge >= 0.3 is 0 Å². The van der Waals surface area contributed by atoms with Gasteiger partial charge < -0.3 is 4.74 Å². The Labute approximate surface area is 69.4 Å². The van der Waals surface area contributed by atoms with Crippen molar-refractivity contribution in [2.24, 2.45) is 0 Å². The minimum absolute atomic E-state index is 0.514. The lowest BCUT2D eigenvalue weighted by molar-refractivity contribution is 0.0458. The molecule has 0 aromatic rings. The highest BCUT2D eigenvalue weighted by atomic mass is 16.5. The van der Waals surface area contributed by atoms with Gasteiger partial charge in [0.1, 0.15) is 0 Å². The molecule has 0 fully saturated rings. The smallest absolute Gasteiger partial charge is 0.0615 e. The van der Waals surface area contributed by atoms with Gasteiger partial charge in [-0.2, -0.15) is 0 Å². The van der Waals surface area contributed by atoms with Gasteiger partial charge in [0.25, 0.3) is 0 Å². The van der Waals surface area contributed by atoms with E-state index in [1.54, 1.807) is 0 Å². The van der Waals surface area contributed by atoms with Crippen molar-refractivity contribution in [3.05, 3.63) is 11.6 Å². The summed E-state index contributed by atoms with van der Waals surface area (Å²) in [5.74, 6) is 0. The van der Waals surface area contributed by atoms with Crippen LogP contribution >= 0.6 is 0 Å². The van der Waals surface area contributed by atoms with Gasteiger partial charge in [-0.25, -0.2) is 0 Å². The van der Waals surface area contributed by atoms with E-state index in [4.69, 9.17) is 4.74 Å². The molecular formula is C10H18O. The largest absolute Gasteiger partial charge is 0.378 e. The topological polar surface area (TPSA) is 9.23 Å². The van der Waals surface area contributed by atoms with Crippen LogP contribution < -0.4 is 0 Å². The molecule has 0 amide bonds.